The average molecular weight is 213 g/mol. The summed E-state index contributed by atoms with van der Waals surface area (Å²) in [7, 11) is 0. The fourth-order valence-corrected chi connectivity index (χ4v) is 1.47. The summed E-state index contributed by atoms with van der Waals surface area (Å²) in [5.74, 6) is 0.203. The van der Waals surface area contributed by atoms with Crippen molar-refractivity contribution in [2.45, 2.75) is 19.1 Å². The lowest BCUT2D eigenvalue weighted by Gasteiger charge is -2.18. The van der Waals surface area contributed by atoms with Gasteiger partial charge in [-0.15, -0.1) is 0 Å². The minimum absolute atomic E-state index is 0.203. The zero-order chi connectivity index (χ0) is 10.7. The van der Waals surface area contributed by atoms with Gasteiger partial charge in [-0.2, -0.15) is 12.6 Å². The summed E-state index contributed by atoms with van der Waals surface area (Å²) in [5, 5.41) is 19.1. The van der Waals surface area contributed by atoms with Crippen LogP contribution in [0.3, 0.4) is 0 Å². The molecule has 4 heteroatoms. The van der Waals surface area contributed by atoms with Crippen LogP contribution in [0.2, 0.25) is 0 Å². The van der Waals surface area contributed by atoms with E-state index < -0.39 is 12.2 Å². The predicted octanol–water partition coefficient (Wildman–Crippen LogP) is 0.901. The van der Waals surface area contributed by atoms with E-state index in [9.17, 15) is 10.2 Å². The van der Waals surface area contributed by atoms with Crippen LogP contribution in [-0.2, 0) is 0 Å². The maximum Gasteiger partial charge on any atom is 0.108 e. The molecule has 0 heterocycles. The zero-order valence-electron chi connectivity index (χ0n) is 8.01. The standard InChI is InChI=1S/C10H15NO2S/c1-6-2-3-7(8(11)4-6)10(13)9(12)5-14/h2-4,9-10,12-14H,5,11H2,1H3. The summed E-state index contributed by atoms with van der Waals surface area (Å²) >= 11 is 3.91. The second-order valence-corrected chi connectivity index (χ2v) is 3.69. The third-order valence-electron chi connectivity index (χ3n) is 2.11. The van der Waals surface area contributed by atoms with Crippen molar-refractivity contribution in [3.05, 3.63) is 29.3 Å². The van der Waals surface area contributed by atoms with Gasteiger partial charge in [0.2, 0.25) is 0 Å². The molecule has 0 radical (unpaired) electrons. The number of benzene rings is 1. The summed E-state index contributed by atoms with van der Waals surface area (Å²) in [4.78, 5) is 0. The fraction of sp³-hybridized carbons (Fsp3) is 0.400. The van der Waals surface area contributed by atoms with Gasteiger partial charge < -0.3 is 15.9 Å². The van der Waals surface area contributed by atoms with E-state index in [0.29, 0.717) is 11.3 Å². The number of nitrogens with two attached hydrogens (primary N) is 1. The highest BCUT2D eigenvalue weighted by molar-refractivity contribution is 7.80. The van der Waals surface area contributed by atoms with Crippen LogP contribution in [0.15, 0.2) is 18.2 Å². The van der Waals surface area contributed by atoms with Crippen LogP contribution in [-0.4, -0.2) is 22.1 Å². The first-order valence-electron chi connectivity index (χ1n) is 4.39. The Morgan fingerprint density at radius 1 is 1.43 bits per heavy atom. The maximum atomic E-state index is 9.68. The topological polar surface area (TPSA) is 66.5 Å². The summed E-state index contributed by atoms with van der Waals surface area (Å²) < 4.78 is 0. The Morgan fingerprint density at radius 3 is 2.57 bits per heavy atom. The van der Waals surface area contributed by atoms with Crippen LogP contribution in [0.1, 0.15) is 17.2 Å². The van der Waals surface area contributed by atoms with Crippen LogP contribution < -0.4 is 5.73 Å². The molecule has 4 N–H and O–H groups in total. The first-order valence-corrected chi connectivity index (χ1v) is 5.02. The molecule has 0 aliphatic heterocycles. The van der Waals surface area contributed by atoms with Crippen molar-refractivity contribution in [1.82, 2.24) is 0 Å². The molecule has 2 unspecified atom stereocenters. The Hall–Kier alpha value is -0.710. The second kappa shape index (κ2) is 4.68. The molecule has 0 spiro atoms. The molecule has 0 amide bonds. The third kappa shape index (κ3) is 2.41. The quantitative estimate of drug-likeness (QED) is 0.445. The van der Waals surface area contributed by atoms with Crippen molar-refractivity contribution in [2.75, 3.05) is 11.5 Å². The van der Waals surface area contributed by atoms with Gasteiger partial charge in [0.05, 0.1) is 6.10 Å². The summed E-state index contributed by atoms with van der Waals surface area (Å²) in [5.41, 5.74) is 7.80. The van der Waals surface area contributed by atoms with Crippen LogP contribution in [0, 0.1) is 6.92 Å². The lowest BCUT2D eigenvalue weighted by Crippen LogP contribution is -2.20. The Bertz CT molecular complexity index is 317. The van der Waals surface area contributed by atoms with E-state index in [0.717, 1.165) is 5.56 Å². The molecule has 0 aliphatic rings. The van der Waals surface area contributed by atoms with Crippen LogP contribution >= 0.6 is 12.6 Å². The highest BCUT2D eigenvalue weighted by atomic mass is 32.1. The molecule has 0 saturated carbocycles. The Labute approximate surface area is 89.0 Å². The largest absolute Gasteiger partial charge is 0.398 e. The minimum atomic E-state index is -0.965. The van der Waals surface area contributed by atoms with Gasteiger partial charge in [0, 0.05) is 17.0 Å². The minimum Gasteiger partial charge on any atom is -0.398 e. The van der Waals surface area contributed by atoms with Crippen LogP contribution in [0.25, 0.3) is 0 Å². The molecule has 1 aromatic carbocycles. The molecule has 14 heavy (non-hydrogen) atoms. The first kappa shape index (κ1) is 11.4. The molecule has 0 aromatic heterocycles. The van der Waals surface area contributed by atoms with E-state index in [1.54, 1.807) is 12.1 Å². The molecule has 78 valence electrons. The fourth-order valence-electron chi connectivity index (χ4n) is 1.27. The SMILES string of the molecule is Cc1ccc(C(O)C(O)CS)c(N)c1. The normalized spacial score (nSPS) is 15.1. The molecular weight excluding hydrogens is 198 g/mol. The summed E-state index contributed by atoms with van der Waals surface area (Å²) in [6, 6.07) is 5.34. The van der Waals surface area contributed by atoms with E-state index >= 15 is 0 Å². The van der Waals surface area contributed by atoms with Crippen LogP contribution in [0.4, 0.5) is 5.69 Å². The summed E-state index contributed by atoms with van der Waals surface area (Å²) in [6.45, 7) is 1.92. The number of anilines is 1. The van der Waals surface area contributed by atoms with E-state index in [-0.39, 0.29) is 5.75 Å². The first-order chi connectivity index (χ1) is 6.56. The van der Waals surface area contributed by atoms with Crippen LogP contribution in [0.5, 0.6) is 0 Å². The number of hydrogen-bond donors (Lipinski definition) is 4. The monoisotopic (exact) mass is 213 g/mol. The Kier molecular flexibility index (Phi) is 3.80. The number of aryl methyl sites for hydroxylation is 1. The zero-order valence-corrected chi connectivity index (χ0v) is 8.91. The molecule has 2 atom stereocenters. The van der Waals surface area contributed by atoms with Gasteiger partial charge in [0.25, 0.3) is 0 Å². The third-order valence-corrected chi connectivity index (χ3v) is 2.49. The van der Waals surface area contributed by atoms with E-state index in [1.807, 2.05) is 13.0 Å². The van der Waals surface area contributed by atoms with Gasteiger partial charge >= 0.3 is 0 Å². The number of aliphatic hydroxyl groups is 2. The molecule has 1 aromatic rings. The number of thiol groups is 1. The van der Waals surface area contributed by atoms with Gasteiger partial charge in [-0.1, -0.05) is 12.1 Å². The van der Waals surface area contributed by atoms with Crippen molar-refractivity contribution in [3.63, 3.8) is 0 Å². The predicted molar refractivity (Wildman–Crippen MR) is 60.4 cm³/mol. The van der Waals surface area contributed by atoms with Gasteiger partial charge in [-0.3, -0.25) is 0 Å². The Morgan fingerprint density at radius 2 is 2.07 bits per heavy atom. The summed E-state index contributed by atoms with van der Waals surface area (Å²) in [6.07, 6.45) is -1.85. The molecule has 1 rings (SSSR count). The maximum absolute atomic E-state index is 9.68. The van der Waals surface area contributed by atoms with Crippen molar-refractivity contribution < 1.29 is 10.2 Å². The number of hydrogen-bond acceptors (Lipinski definition) is 4. The molecule has 0 fully saturated rings. The smallest absolute Gasteiger partial charge is 0.108 e. The molecule has 0 saturated heterocycles. The highest BCUT2D eigenvalue weighted by Crippen LogP contribution is 2.24. The van der Waals surface area contributed by atoms with Crippen molar-refractivity contribution in [2.24, 2.45) is 0 Å². The van der Waals surface area contributed by atoms with Gasteiger partial charge in [-0.05, 0) is 18.6 Å². The van der Waals surface area contributed by atoms with Gasteiger partial charge in [0.15, 0.2) is 0 Å². The molecular formula is C10H15NO2S. The highest BCUT2D eigenvalue weighted by Gasteiger charge is 2.18. The molecule has 3 nitrogen and oxygen atoms in total. The van der Waals surface area contributed by atoms with Crippen molar-refractivity contribution in [1.29, 1.82) is 0 Å². The lowest BCUT2D eigenvalue weighted by atomic mass is 10.0. The number of rotatable bonds is 3. The molecule has 0 bridgehead atoms. The van der Waals surface area contributed by atoms with Gasteiger partial charge in [-0.25, -0.2) is 0 Å². The average Bonchev–Trinajstić information content (AvgIpc) is 2.15. The molecule has 0 aliphatic carbocycles. The second-order valence-electron chi connectivity index (χ2n) is 3.33. The number of aliphatic hydroxyl groups excluding tert-OH is 2. The van der Waals surface area contributed by atoms with E-state index in [1.165, 1.54) is 0 Å². The van der Waals surface area contributed by atoms with E-state index in [4.69, 9.17) is 5.73 Å². The van der Waals surface area contributed by atoms with E-state index in [2.05, 4.69) is 12.6 Å². The van der Waals surface area contributed by atoms with Crippen molar-refractivity contribution in [3.8, 4) is 0 Å². The Balaban J connectivity index is 2.95. The van der Waals surface area contributed by atoms with Crippen molar-refractivity contribution >= 4 is 18.3 Å². The lowest BCUT2D eigenvalue weighted by molar-refractivity contribution is 0.0342. The van der Waals surface area contributed by atoms with Gasteiger partial charge in [0.1, 0.15) is 6.10 Å². The number of nitrogen functional groups attached to an aromatic ring is 1.